The molecule has 0 saturated carbocycles. The molecule has 1 aromatic heterocycles. The van der Waals surface area contributed by atoms with Crippen LogP contribution in [0.5, 0.6) is 0 Å². The van der Waals surface area contributed by atoms with Gasteiger partial charge in [-0.25, -0.2) is 8.42 Å². The van der Waals surface area contributed by atoms with E-state index >= 15 is 0 Å². The van der Waals surface area contributed by atoms with E-state index in [4.69, 9.17) is 34.8 Å². The highest BCUT2D eigenvalue weighted by Crippen LogP contribution is 2.33. The summed E-state index contributed by atoms with van der Waals surface area (Å²) in [6, 6.07) is 13.1. The number of ketones is 1. The molecule has 6 nitrogen and oxygen atoms in total. The molecule has 0 spiro atoms. The standard InChI is InChI=1S/C23H19Cl3N2O4S2/c24-14-8-9-18(16(13-14)22(29)15-5-1-2-6-17(15)25)27-23(30)19-7-3-4-12-28(19)34(31,32)21-11-10-20(26)33-21/h1-2,5-6,8-11,13,19H,3-4,7,12H2,(H,27,30). The van der Waals surface area contributed by atoms with Crippen LogP contribution in [-0.4, -0.2) is 37.0 Å². The molecule has 1 aliphatic rings. The van der Waals surface area contributed by atoms with Gasteiger partial charge in [0.25, 0.3) is 10.0 Å². The molecule has 0 radical (unpaired) electrons. The van der Waals surface area contributed by atoms with Gasteiger partial charge in [0, 0.05) is 22.7 Å². The van der Waals surface area contributed by atoms with Gasteiger partial charge >= 0.3 is 0 Å². The number of sulfonamides is 1. The Morgan fingerprint density at radius 1 is 0.971 bits per heavy atom. The van der Waals surface area contributed by atoms with Crippen LogP contribution in [0.2, 0.25) is 14.4 Å². The van der Waals surface area contributed by atoms with Gasteiger partial charge in [-0.15, -0.1) is 11.3 Å². The molecule has 1 aliphatic heterocycles. The molecule has 0 bridgehead atoms. The van der Waals surface area contributed by atoms with Crippen LogP contribution < -0.4 is 5.32 Å². The Bertz CT molecular complexity index is 1360. The fourth-order valence-electron chi connectivity index (χ4n) is 3.83. The summed E-state index contributed by atoms with van der Waals surface area (Å²) in [5.74, 6) is -0.939. The molecule has 1 unspecified atom stereocenters. The fourth-order valence-corrected chi connectivity index (χ4v) is 7.49. The highest BCUT2D eigenvalue weighted by molar-refractivity contribution is 7.91. The minimum atomic E-state index is -3.91. The van der Waals surface area contributed by atoms with Crippen LogP contribution in [0, 0.1) is 0 Å². The minimum absolute atomic E-state index is 0.0817. The monoisotopic (exact) mass is 556 g/mol. The Balaban J connectivity index is 1.64. The average molecular weight is 558 g/mol. The lowest BCUT2D eigenvalue weighted by Gasteiger charge is -2.33. The predicted octanol–water partition coefficient (Wildman–Crippen LogP) is 6.12. The van der Waals surface area contributed by atoms with Crippen molar-refractivity contribution in [1.29, 1.82) is 0 Å². The molecule has 3 aromatic rings. The van der Waals surface area contributed by atoms with Crippen molar-refractivity contribution in [3.63, 3.8) is 0 Å². The van der Waals surface area contributed by atoms with Crippen LogP contribution >= 0.6 is 46.1 Å². The second kappa shape index (κ2) is 10.4. The van der Waals surface area contributed by atoms with Crippen molar-refractivity contribution in [2.24, 2.45) is 0 Å². The Hall–Kier alpha value is -1.94. The predicted molar refractivity (Wildman–Crippen MR) is 136 cm³/mol. The topological polar surface area (TPSA) is 83.6 Å². The molecular weight excluding hydrogens is 539 g/mol. The van der Waals surface area contributed by atoms with Gasteiger partial charge < -0.3 is 5.32 Å². The van der Waals surface area contributed by atoms with Crippen molar-refractivity contribution in [3.8, 4) is 0 Å². The maximum atomic E-state index is 13.3. The second-order valence-corrected chi connectivity index (χ2v) is 12.4. The van der Waals surface area contributed by atoms with Crippen molar-refractivity contribution in [2.75, 3.05) is 11.9 Å². The number of thiophene rings is 1. The first-order chi connectivity index (χ1) is 16.2. The first kappa shape index (κ1) is 25.2. The molecule has 1 saturated heterocycles. The highest BCUT2D eigenvalue weighted by atomic mass is 35.5. The van der Waals surface area contributed by atoms with Crippen molar-refractivity contribution < 1.29 is 18.0 Å². The van der Waals surface area contributed by atoms with Gasteiger partial charge in [0.2, 0.25) is 5.91 Å². The number of carbonyl (C=O) groups is 2. The number of nitrogens with one attached hydrogen (secondary N) is 1. The van der Waals surface area contributed by atoms with E-state index in [0.717, 1.165) is 11.3 Å². The SMILES string of the molecule is O=C(c1ccccc1Cl)c1cc(Cl)ccc1NC(=O)C1CCCCN1S(=O)(=O)c1ccc(Cl)s1. The van der Waals surface area contributed by atoms with Crippen LogP contribution in [0.15, 0.2) is 58.8 Å². The van der Waals surface area contributed by atoms with Crippen molar-refractivity contribution in [3.05, 3.63) is 80.1 Å². The second-order valence-electron chi connectivity index (χ2n) is 7.67. The Morgan fingerprint density at radius 2 is 1.74 bits per heavy atom. The number of carbonyl (C=O) groups excluding carboxylic acids is 2. The quantitative estimate of drug-likeness (QED) is 0.370. The molecule has 1 fully saturated rings. The zero-order valence-corrected chi connectivity index (χ0v) is 21.5. The number of hydrogen-bond acceptors (Lipinski definition) is 5. The van der Waals surface area contributed by atoms with Crippen molar-refractivity contribution in [2.45, 2.75) is 29.5 Å². The number of rotatable bonds is 6. The van der Waals surface area contributed by atoms with Crippen molar-refractivity contribution in [1.82, 2.24) is 4.31 Å². The van der Waals surface area contributed by atoms with Gasteiger partial charge in [0.15, 0.2) is 5.78 Å². The van der Waals surface area contributed by atoms with Gasteiger partial charge in [0.05, 0.1) is 15.0 Å². The summed E-state index contributed by atoms with van der Waals surface area (Å²) in [5.41, 5.74) is 0.643. The van der Waals surface area contributed by atoms with E-state index in [1.807, 2.05) is 0 Å². The molecule has 178 valence electrons. The van der Waals surface area contributed by atoms with E-state index in [0.29, 0.717) is 28.6 Å². The number of benzene rings is 2. The smallest absolute Gasteiger partial charge is 0.253 e. The third kappa shape index (κ3) is 5.17. The van der Waals surface area contributed by atoms with Crippen LogP contribution in [0.25, 0.3) is 0 Å². The number of amides is 1. The molecule has 1 amide bonds. The Morgan fingerprint density at radius 3 is 2.44 bits per heavy atom. The maximum absolute atomic E-state index is 13.3. The molecule has 1 atom stereocenters. The van der Waals surface area contributed by atoms with Gasteiger partial charge in [-0.05, 0) is 55.3 Å². The number of piperidine rings is 1. The van der Waals surface area contributed by atoms with Crippen LogP contribution in [0.4, 0.5) is 5.69 Å². The van der Waals surface area contributed by atoms with E-state index in [1.165, 1.54) is 28.6 Å². The zero-order valence-electron chi connectivity index (χ0n) is 17.6. The highest BCUT2D eigenvalue weighted by Gasteiger charge is 2.38. The zero-order chi connectivity index (χ0) is 24.5. The van der Waals surface area contributed by atoms with Gasteiger partial charge in [-0.3, -0.25) is 9.59 Å². The largest absolute Gasteiger partial charge is 0.324 e. The van der Waals surface area contributed by atoms with Crippen LogP contribution in [-0.2, 0) is 14.8 Å². The van der Waals surface area contributed by atoms with Crippen LogP contribution in [0.1, 0.15) is 35.2 Å². The van der Waals surface area contributed by atoms with E-state index in [9.17, 15) is 18.0 Å². The molecular formula is C23H19Cl3N2O4S2. The number of nitrogens with zero attached hydrogens (tertiary/aromatic N) is 1. The molecule has 1 N–H and O–H groups in total. The third-order valence-corrected chi connectivity index (χ3v) is 9.64. The Labute approximate surface area is 216 Å². The normalized spacial score (nSPS) is 16.9. The molecule has 11 heteroatoms. The number of hydrogen-bond donors (Lipinski definition) is 1. The fraction of sp³-hybridized carbons (Fsp3) is 0.217. The molecule has 4 rings (SSSR count). The van der Waals surface area contributed by atoms with Gasteiger partial charge in [-0.1, -0.05) is 53.4 Å². The molecule has 2 heterocycles. The lowest BCUT2D eigenvalue weighted by atomic mass is 10.0. The average Bonchev–Trinajstić information content (AvgIpc) is 3.27. The van der Waals surface area contributed by atoms with Gasteiger partial charge in [-0.2, -0.15) is 4.31 Å². The summed E-state index contributed by atoms with van der Waals surface area (Å²) in [4.78, 5) is 26.5. The maximum Gasteiger partial charge on any atom is 0.253 e. The lowest BCUT2D eigenvalue weighted by molar-refractivity contribution is -0.120. The summed E-state index contributed by atoms with van der Waals surface area (Å²) >= 11 is 19.2. The number of anilines is 1. The lowest BCUT2D eigenvalue weighted by Crippen LogP contribution is -2.49. The Kier molecular flexibility index (Phi) is 7.66. The summed E-state index contributed by atoms with van der Waals surface area (Å²) in [5, 5.41) is 3.32. The first-order valence-corrected chi connectivity index (χ1v) is 13.7. The summed E-state index contributed by atoms with van der Waals surface area (Å²) in [7, 11) is -3.91. The molecule has 2 aromatic carbocycles. The summed E-state index contributed by atoms with van der Waals surface area (Å²) in [6.45, 7) is 0.210. The first-order valence-electron chi connectivity index (χ1n) is 10.4. The molecule has 0 aliphatic carbocycles. The van der Waals surface area contributed by atoms with E-state index < -0.39 is 27.8 Å². The molecule has 34 heavy (non-hydrogen) atoms. The van der Waals surface area contributed by atoms with E-state index in [-0.39, 0.29) is 32.6 Å². The summed E-state index contributed by atoms with van der Waals surface area (Å²) < 4.78 is 28.1. The summed E-state index contributed by atoms with van der Waals surface area (Å²) in [6.07, 6.45) is 1.69. The van der Waals surface area contributed by atoms with Crippen molar-refractivity contribution >= 4 is 73.5 Å². The van der Waals surface area contributed by atoms with Gasteiger partial charge in [0.1, 0.15) is 10.3 Å². The number of halogens is 3. The van der Waals surface area contributed by atoms with E-state index in [1.54, 1.807) is 30.3 Å². The van der Waals surface area contributed by atoms with E-state index in [2.05, 4.69) is 5.32 Å². The minimum Gasteiger partial charge on any atom is -0.324 e. The van der Waals surface area contributed by atoms with Crippen LogP contribution in [0.3, 0.4) is 0 Å². The third-order valence-electron chi connectivity index (χ3n) is 5.47.